The van der Waals surface area contributed by atoms with Gasteiger partial charge in [0.05, 0.1) is 26.4 Å². The molecule has 5 atom stereocenters. The second-order valence-electron chi connectivity index (χ2n) is 27.3. The van der Waals surface area contributed by atoms with Gasteiger partial charge in [-0.1, -0.05) is 324 Å². The maximum absolute atomic E-state index is 13.1. The van der Waals surface area contributed by atoms with Crippen LogP contribution in [0, 0.1) is 11.8 Å². The van der Waals surface area contributed by atoms with Gasteiger partial charge in [0.2, 0.25) is 0 Å². The molecule has 0 amide bonds. The number of carbonyl (C=O) groups is 4. The molecular formula is C73H142O17P2. The summed E-state index contributed by atoms with van der Waals surface area (Å²) in [7, 11) is -9.90. The Morgan fingerprint density at radius 3 is 0.739 bits per heavy atom. The van der Waals surface area contributed by atoms with Crippen LogP contribution in [-0.4, -0.2) is 96.7 Å². The Kier molecular flexibility index (Phi) is 63.7. The highest BCUT2D eigenvalue weighted by Crippen LogP contribution is 2.45. The first-order valence-electron chi connectivity index (χ1n) is 38.0. The number of carbonyl (C=O) groups excluding carboxylic acids is 4. The van der Waals surface area contributed by atoms with Gasteiger partial charge in [0, 0.05) is 25.7 Å². The van der Waals surface area contributed by atoms with Gasteiger partial charge in [-0.3, -0.25) is 37.3 Å². The molecule has 0 aromatic rings. The minimum absolute atomic E-state index is 0.103. The molecule has 2 unspecified atom stereocenters. The Morgan fingerprint density at radius 2 is 0.500 bits per heavy atom. The summed E-state index contributed by atoms with van der Waals surface area (Å²) in [5.74, 6) is -0.721. The Morgan fingerprint density at radius 1 is 0.293 bits per heavy atom. The zero-order valence-corrected chi connectivity index (χ0v) is 61.6. The second kappa shape index (κ2) is 65.0. The zero-order valence-electron chi connectivity index (χ0n) is 59.9. The van der Waals surface area contributed by atoms with Gasteiger partial charge in [-0.05, 0) is 37.5 Å². The number of hydrogen-bond acceptors (Lipinski definition) is 15. The number of phosphoric ester groups is 2. The first-order valence-corrected chi connectivity index (χ1v) is 41.0. The van der Waals surface area contributed by atoms with Crippen molar-refractivity contribution in [2.24, 2.45) is 11.8 Å². The van der Waals surface area contributed by atoms with E-state index in [1.54, 1.807) is 0 Å². The van der Waals surface area contributed by atoms with Crippen molar-refractivity contribution in [2.75, 3.05) is 39.6 Å². The Hall–Kier alpha value is -1.94. The third-order valence-electron chi connectivity index (χ3n) is 17.0. The summed E-state index contributed by atoms with van der Waals surface area (Å²) in [6.45, 7) is 9.46. The third kappa shape index (κ3) is 66.7. The van der Waals surface area contributed by atoms with Crippen LogP contribution in [0.25, 0.3) is 0 Å². The van der Waals surface area contributed by atoms with Crippen LogP contribution in [-0.2, 0) is 65.4 Å². The maximum Gasteiger partial charge on any atom is 0.472 e. The molecule has 0 fully saturated rings. The Labute approximate surface area is 562 Å². The second-order valence-corrected chi connectivity index (χ2v) is 30.2. The number of phosphoric acid groups is 2. The van der Waals surface area contributed by atoms with Gasteiger partial charge < -0.3 is 33.8 Å². The molecule has 0 aliphatic heterocycles. The van der Waals surface area contributed by atoms with Crippen molar-refractivity contribution in [1.29, 1.82) is 0 Å². The lowest BCUT2D eigenvalue weighted by Crippen LogP contribution is -2.30. The lowest BCUT2D eigenvalue weighted by molar-refractivity contribution is -0.161. The summed E-state index contributed by atoms with van der Waals surface area (Å²) in [5.41, 5.74) is 0. The standard InChI is InChI=1S/C73H142O17P2/c1-7-9-11-13-15-17-19-21-23-24-26-28-30-32-38-45-51-57-72(77)89-68(61-83-70(75)55-49-43-37-31-29-27-25-22-20-18-16-14-12-10-8-2)63-87-91(79,80)85-59-67(74)60-86-92(81,82)88-64-69(90-73(78)58-52-46-40-34-36-42-48-54-66(5)6)62-84-71(76)56-50-44-39-33-35-41-47-53-65(3)4/h65-69,74H,7-64H2,1-6H3,(H,79,80)(H,81,82)/t67-,68-,69-/m1/s1. The normalized spacial score (nSPS) is 14.1. The van der Waals surface area contributed by atoms with Crippen LogP contribution >= 0.6 is 15.6 Å². The van der Waals surface area contributed by atoms with Crippen molar-refractivity contribution in [3.63, 3.8) is 0 Å². The van der Waals surface area contributed by atoms with Crippen molar-refractivity contribution in [3.05, 3.63) is 0 Å². The minimum Gasteiger partial charge on any atom is -0.462 e. The summed E-state index contributed by atoms with van der Waals surface area (Å²) >= 11 is 0. The van der Waals surface area contributed by atoms with E-state index >= 15 is 0 Å². The summed E-state index contributed by atoms with van der Waals surface area (Å²) in [5, 5.41) is 10.6. The Balaban J connectivity index is 5.23. The highest BCUT2D eigenvalue weighted by molar-refractivity contribution is 7.47. The van der Waals surface area contributed by atoms with Crippen LogP contribution in [0.15, 0.2) is 0 Å². The number of rotatable bonds is 72. The molecule has 0 rings (SSSR count). The first-order chi connectivity index (χ1) is 44.4. The van der Waals surface area contributed by atoms with Gasteiger partial charge in [0.1, 0.15) is 19.3 Å². The predicted octanol–water partition coefficient (Wildman–Crippen LogP) is 21.2. The molecule has 0 saturated heterocycles. The first kappa shape index (κ1) is 90.1. The van der Waals surface area contributed by atoms with Gasteiger partial charge in [-0.15, -0.1) is 0 Å². The SMILES string of the molecule is CCCCCCCCCCCCCCCCCCCC(=O)O[C@H](COC(=O)CCCCCCCCCCCCCCCCC)COP(=O)(O)OC[C@@H](O)COP(=O)(O)OC[C@@H](COC(=O)CCCCCCCCCC(C)C)OC(=O)CCCCCCCCCC(C)C. The lowest BCUT2D eigenvalue weighted by atomic mass is 10.0. The molecule has 3 N–H and O–H groups in total. The molecule has 0 aromatic carbocycles. The van der Waals surface area contributed by atoms with Crippen LogP contribution in [0.4, 0.5) is 0 Å². The average Bonchev–Trinajstić information content (AvgIpc) is 2.46. The molecule has 0 saturated carbocycles. The molecule has 19 heteroatoms. The quantitative estimate of drug-likeness (QED) is 0.0222. The van der Waals surface area contributed by atoms with E-state index in [2.05, 4.69) is 41.5 Å². The van der Waals surface area contributed by atoms with E-state index in [-0.39, 0.29) is 25.7 Å². The molecule has 92 heavy (non-hydrogen) atoms. The van der Waals surface area contributed by atoms with E-state index in [1.807, 2.05) is 0 Å². The van der Waals surface area contributed by atoms with E-state index < -0.39 is 97.5 Å². The predicted molar refractivity (Wildman–Crippen MR) is 372 cm³/mol. The summed E-state index contributed by atoms with van der Waals surface area (Å²) in [6, 6.07) is 0. The number of aliphatic hydroxyl groups excluding tert-OH is 1. The summed E-state index contributed by atoms with van der Waals surface area (Å²) in [6.07, 6.45) is 51.5. The lowest BCUT2D eigenvalue weighted by Gasteiger charge is -2.21. The van der Waals surface area contributed by atoms with E-state index in [0.29, 0.717) is 37.5 Å². The smallest absolute Gasteiger partial charge is 0.462 e. The molecule has 546 valence electrons. The van der Waals surface area contributed by atoms with Crippen LogP contribution < -0.4 is 0 Å². The van der Waals surface area contributed by atoms with Gasteiger partial charge in [0.15, 0.2) is 12.2 Å². The molecule has 17 nitrogen and oxygen atoms in total. The molecule has 0 aliphatic carbocycles. The van der Waals surface area contributed by atoms with Gasteiger partial charge in [0.25, 0.3) is 0 Å². The van der Waals surface area contributed by atoms with Crippen LogP contribution in [0.1, 0.15) is 375 Å². The van der Waals surface area contributed by atoms with E-state index in [4.69, 9.17) is 37.0 Å². The van der Waals surface area contributed by atoms with Crippen molar-refractivity contribution in [2.45, 2.75) is 394 Å². The van der Waals surface area contributed by atoms with Crippen molar-refractivity contribution < 1.29 is 80.2 Å². The van der Waals surface area contributed by atoms with Crippen LogP contribution in [0.2, 0.25) is 0 Å². The number of hydrogen-bond donors (Lipinski definition) is 3. The van der Waals surface area contributed by atoms with Crippen molar-refractivity contribution >= 4 is 39.5 Å². The monoisotopic (exact) mass is 1350 g/mol. The summed E-state index contributed by atoms with van der Waals surface area (Å²) in [4.78, 5) is 72.6. The van der Waals surface area contributed by atoms with Gasteiger partial charge in [-0.2, -0.15) is 0 Å². The maximum atomic E-state index is 13.1. The van der Waals surface area contributed by atoms with Crippen LogP contribution in [0.5, 0.6) is 0 Å². The fourth-order valence-corrected chi connectivity index (χ4v) is 12.7. The number of unbranched alkanes of at least 4 members (excludes halogenated alkanes) is 42. The number of ether oxygens (including phenoxy) is 4. The molecule has 0 spiro atoms. The van der Waals surface area contributed by atoms with Gasteiger partial charge >= 0.3 is 39.5 Å². The van der Waals surface area contributed by atoms with E-state index in [0.717, 1.165) is 96.3 Å². The highest BCUT2D eigenvalue weighted by Gasteiger charge is 2.30. The van der Waals surface area contributed by atoms with Crippen molar-refractivity contribution in [1.82, 2.24) is 0 Å². The highest BCUT2D eigenvalue weighted by atomic mass is 31.2. The molecule has 0 aliphatic rings. The molecular weight excluding hydrogens is 1210 g/mol. The zero-order chi connectivity index (χ0) is 67.9. The minimum atomic E-state index is -4.95. The molecule has 0 aromatic heterocycles. The third-order valence-corrected chi connectivity index (χ3v) is 18.9. The number of esters is 4. The van der Waals surface area contributed by atoms with Crippen LogP contribution in [0.3, 0.4) is 0 Å². The number of aliphatic hydroxyl groups is 1. The molecule has 0 bridgehead atoms. The topological polar surface area (TPSA) is 237 Å². The fourth-order valence-electron chi connectivity index (χ4n) is 11.1. The Bertz CT molecular complexity index is 1790. The molecule has 0 radical (unpaired) electrons. The van der Waals surface area contributed by atoms with E-state index in [1.165, 1.54) is 186 Å². The largest absolute Gasteiger partial charge is 0.472 e. The van der Waals surface area contributed by atoms with Crippen molar-refractivity contribution in [3.8, 4) is 0 Å². The summed E-state index contributed by atoms with van der Waals surface area (Å²) < 4.78 is 68.4. The fraction of sp³-hybridized carbons (Fsp3) is 0.945. The molecule has 0 heterocycles. The van der Waals surface area contributed by atoms with E-state index in [9.17, 15) is 43.2 Å². The van der Waals surface area contributed by atoms with Gasteiger partial charge in [-0.25, -0.2) is 9.13 Å². The average molecular weight is 1350 g/mol.